The molecule has 0 saturated heterocycles. The van der Waals surface area contributed by atoms with Gasteiger partial charge in [0.05, 0.1) is 0 Å². The van der Waals surface area contributed by atoms with Crippen molar-refractivity contribution in [1.82, 2.24) is 0 Å². The minimum absolute atomic E-state index is 1.31. The van der Waals surface area contributed by atoms with Crippen molar-refractivity contribution in [3.63, 3.8) is 0 Å². The predicted molar refractivity (Wildman–Crippen MR) is 87.1 cm³/mol. The van der Waals surface area contributed by atoms with Gasteiger partial charge in [0.15, 0.2) is 0 Å². The molecule has 4 aromatic rings. The standard InChI is InChI=1S/C18H13B/c19-18-15-8-4-2-6-13(15)11-17-14-7-3-1-5-12(14)9-10-16(17)18/h1-11H,19H2. The third-order valence-electron chi connectivity index (χ3n) is 4.04. The van der Waals surface area contributed by atoms with Crippen molar-refractivity contribution in [2.75, 3.05) is 0 Å². The molecule has 0 bridgehead atoms. The molecular formula is C18H13B. The molecule has 0 radical (unpaired) electrons. The number of fused-ring (bicyclic) bond motifs is 4. The van der Waals surface area contributed by atoms with Crippen LogP contribution < -0.4 is 5.46 Å². The molecule has 0 atom stereocenters. The fourth-order valence-electron chi connectivity index (χ4n) is 3.04. The molecule has 0 N–H and O–H groups in total. The predicted octanol–water partition coefficient (Wildman–Crippen LogP) is 3.40. The van der Waals surface area contributed by atoms with E-state index in [2.05, 4.69) is 74.6 Å². The van der Waals surface area contributed by atoms with Crippen molar-refractivity contribution in [2.45, 2.75) is 0 Å². The van der Waals surface area contributed by atoms with Crippen LogP contribution in [0.5, 0.6) is 0 Å². The Morgan fingerprint density at radius 1 is 0.526 bits per heavy atom. The zero-order valence-corrected chi connectivity index (χ0v) is 10.9. The van der Waals surface area contributed by atoms with Crippen molar-refractivity contribution >= 4 is 45.6 Å². The highest BCUT2D eigenvalue weighted by atomic mass is 14.1. The number of hydrogen-bond acceptors (Lipinski definition) is 0. The van der Waals surface area contributed by atoms with Crippen LogP contribution in [0.1, 0.15) is 0 Å². The van der Waals surface area contributed by atoms with Crippen molar-refractivity contribution in [1.29, 1.82) is 0 Å². The molecule has 0 heterocycles. The summed E-state index contributed by atoms with van der Waals surface area (Å²) >= 11 is 0. The maximum absolute atomic E-state index is 2.32. The zero-order valence-electron chi connectivity index (χ0n) is 10.9. The maximum Gasteiger partial charge on any atom is 0.140 e. The summed E-state index contributed by atoms with van der Waals surface area (Å²) in [5.41, 5.74) is 1.37. The Labute approximate surface area is 113 Å². The quantitative estimate of drug-likeness (QED) is 0.251. The molecule has 0 aliphatic heterocycles. The van der Waals surface area contributed by atoms with Gasteiger partial charge in [0.1, 0.15) is 7.85 Å². The molecule has 0 unspecified atom stereocenters. The molecule has 0 nitrogen and oxygen atoms in total. The molecule has 0 aromatic heterocycles. The van der Waals surface area contributed by atoms with E-state index >= 15 is 0 Å². The van der Waals surface area contributed by atoms with Gasteiger partial charge in [0.25, 0.3) is 0 Å². The van der Waals surface area contributed by atoms with E-state index in [4.69, 9.17) is 0 Å². The molecule has 4 rings (SSSR count). The first kappa shape index (κ1) is 10.6. The zero-order chi connectivity index (χ0) is 12.8. The molecule has 88 valence electrons. The normalized spacial score (nSPS) is 11.4. The van der Waals surface area contributed by atoms with Crippen LogP contribution in [0.2, 0.25) is 0 Å². The fraction of sp³-hybridized carbons (Fsp3) is 0. The van der Waals surface area contributed by atoms with Crippen molar-refractivity contribution in [3.8, 4) is 0 Å². The van der Waals surface area contributed by atoms with Gasteiger partial charge in [0.2, 0.25) is 0 Å². The van der Waals surface area contributed by atoms with Gasteiger partial charge in [-0.3, -0.25) is 0 Å². The van der Waals surface area contributed by atoms with E-state index < -0.39 is 0 Å². The summed E-state index contributed by atoms with van der Waals surface area (Å²) in [5.74, 6) is 0. The van der Waals surface area contributed by atoms with Gasteiger partial charge in [-0.05, 0) is 38.4 Å². The maximum atomic E-state index is 2.32. The molecule has 1 heteroatoms. The summed E-state index contributed by atoms with van der Waals surface area (Å²) in [6.07, 6.45) is 0. The Bertz CT molecular complexity index is 922. The summed E-state index contributed by atoms with van der Waals surface area (Å²) in [7, 11) is 2.22. The van der Waals surface area contributed by atoms with Gasteiger partial charge in [-0.25, -0.2) is 0 Å². The summed E-state index contributed by atoms with van der Waals surface area (Å²) in [6.45, 7) is 0. The smallest absolute Gasteiger partial charge is 0.0736 e. The SMILES string of the molecule is Bc1c2ccccc2cc2c1ccc1ccccc12. The minimum atomic E-state index is 1.31. The lowest BCUT2D eigenvalue weighted by molar-refractivity contribution is 1.79. The van der Waals surface area contributed by atoms with E-state index in [1.807, 2.05) is 0 Å². The topological polar surface area (TPSA) is 0 Å². The van der Waals surface area contributed by atoms with Crippen LogP contribution in [0.4, 0.5) is 0 Å². The van der Waals surface area contributed by atoms with E-state index in [9.17, 15) is 0 Å². The third kappa shape index (κ3) is 1.48. The second kappa shape index (κ2) is 3.86. The van der Waals surface area contributed by atoms with Gasteiger partial charge in [-0.15, -0.1) is 0 Å². The van der Waals surface area contributed by atoms with Crippen LogP contribution in [-0.4, -0.2) is 7.85 Å². The van der Waals surface area contributed by atoms with Gasteiger partial charge >= 0.3 is 0 Å². The van der Waals surface area contributed by atoms with Gasteiger partial charge in [0, 0.05) is 0 Å². The van der Waals surface area contributed by atoms with E-state index in [0.29, 0.717) is 0 Å². The number of rotatable bonds is 0. The second-order valence-electron chi connectivity index (χ2n) is 5.10. The van der Waals surface area contributed by atoms with Gasteiger partial charge < -0.3 is 0 Å². The molecule has 0 aliphatic rings. The average Bonchev–Trinajstić information content (AvgIpc) is 2.47. The molecular weight excluding hydrogens is 227 g/mol. The van der Waals surface area contributed by atoms with Crippen LogP contribution >= 0.6 is 0 Å². The first-order valence-corrected chi connectivity index (χ1v) is 6.64. The monoisotopic (exact) mass is 240 g/mol. The Morgan fingerprint density at radius 3 is 2.05 bits per heavy atom. The number of hydrogen-bond donors (Lipinski definition) is 0. The highest BCUT2D eigenvalue weighted by Gasteiger charge is 2.05. The van der Waals surface area contributed by atoms with Crippen LogP contribution in [-0.2, 0) is 0 Å². The average molecular weight is 240 g/mol. The first-order valence-electron chi connectivity index (χ1n) is 6.64. The Kier molecular flexibility index (Phi) is 2.16. The largest absolute Gasteiger partial charge is 0.140 e. The van der Waals surface area contributed by atoms with Gasteiger partial charge in [-0.2, -0.15) is 0 Å². The van der Waals surface area contributed by atoms with Crippen molar-refractivity contribution < 1.29 is 0 Å². The van der Waals surface area contributed by atoms with Crippen LogP contribution in [0.15, 0.2) is 66.7 Å². The van der Waals surface area contributed by atoms with E-state index in [1.54, 1.807) is 0 Å². The molecule has 0 amide bonds. The Balaban J connectivity index is 2.32. The van der Waals surface area contributed by atoms with Crippen molar-refractivity contribution in [3.05, 3.63) is 66.7 Å². The molecule has 0 saturated carbocycles. The fourth-order valence-corrected chi connectivity index (χ4v) is 3.04. The van der Waals surface area contributed by atoms with Crippen LogP contribution in [0.25, 0.3) is 32.3 Å². The van der Waals surface area contributed by atoms with Crippen LogP contribution in [0, 0.1) is 0 Å². The molecule has 0 spiro atoms. The lowest BCUT2D eigenvalue weighted by Gasteiger charge is -2.10. The van der Waals surface area contributed by atoms with E-state index in [0.717, 1.165) is 0 Å². The van der Waals surface area contributed by atoms with Gasteiger partial charge in [-0.1, -0.05) is 66.1 Å². The molecule has 4 aromatic carbocycles. The highest BCUT2D eigenvalue weighted by molar-refractivity contribution is 6.46. The van der Waals surface area contributed by atoms with Crippen molar-refractivity contribution in [2.24, 2.45) is 0 Å². The minimum Gasteiger partial charge on any atom is -0.0736 e. The summed E-state index contributed by atoms with van der Waals surface area (Å²) in [6, 6.07) is 24.0. The molecule has 19 heavy (non-hydrogen) atoms. The Hall–Kier alpha value is -2.28. The molecule has 0 fully saturated rings. The Morgan fingerprint density at radius 2 is 1.21 bits per heavy atom. The van der Waals surface area contributed by atoms with E-state index in [1.165, 1.54) is 37.8 Å². The first-order chi connectivity index (χ1) is 9.34. The van der Waals surface area contributed by atoms with E-state index in [-0.39, 0.29) is 0 Å². The second-order valence-corrected chi connectivity index (χ2v) is 5.10. The summed E-state index contributed by atoms with van der Waals surface area (Å²) < 4.78 is 0. The molecule has 0 aliphatic carbocycles. The summed E-state index contributed by atoms with van der Waals surface area (Å²) in [5, 5.41) is 8.04. The number of benzene rings is 4. The third-order valence-corrected chi connectivity index (χ3v) is 4.04. The lowest BCUT2D eigenvalue weighted by atomic mass is 9.84. The lowest BCUT2D eigenvalue weighted by Crippen LogP contribution is -2.05. The summed E-state index contributed by atoms with van der Waals surface area (Å²) in [4.78, 5) is 0. The highest BCUT2D eigenvalue weighted by Crippen LogP contribution is 2.27. The van der Waals surface area contributed by atoms with Crippen LogP contribution in [0.3, 0.4) is 0 Å².